The molecular formula is C18H20N2O. The van der Waals surface area contributed by atoms with E-state index in [1.165, 1.54) is 11.1 Å². The average molecular weight is 280 g/mol. The molecule has 0 fully saturated rings. The SMILES string of the molecule is CCc1cccc(NC(C)c2ccc(OCC#N)cc2)c1. The Balaban J connectivity index is 2.02. The van der Waals surface area contributed by atoms with E-state index < -0.39 is 0 Å². The number of nitrogens with zero attached hydrogens (tertiary/aromatic N) is 1. The first-order chi connectivity index (χ1) is 10.2. The van der Waals surface area contributed by atoms with Gasteiger partial charge in [0.1, 0.15) is 11.8 Å². The highest BCUT2D eigenvalue weighted by Crippen LogP contribution is 2.22. The predicted octanol–water partition coefficient (Wildman–Crippen LogP) is 4.32. The molecule has 0 spiro atoms. The van der Waals surface area contributed by atoms with Crippen LogP contribution in [0.2, 0.25) is 0 Å². The normalized spacial score (nSPS) is 11.5. The zero-order valence-electron chi connectivity index (χ0n) is 12.5. The van der Waals surface area contributed by atoms with Crippen molar-refractivity contribution in [3.05, 3.63) is 59.7 Å². The zero-order chi connectivity index (χ0) is 15.1. The number of hydrogen-bond acceptors (Lipinski definition) is 3. The lowest BCUT2D eigenvalue weighted by atomic mass is 10.1. The summed E-state index contributed by atoms with van der Waals surface area (Å²) < 4.78 is 5.26. The summed E-state index contributed by atoms with van der Waals surface area (Å²) in [7, 11) is 0. The van der Waals surface area contributed by atoms with Crippen LogP contribution < -0.4 is 10.1 Å². The van der Waals surface area contributed by atoms with Crippen LogP contribution in [0.1, 0.15) is 31.0 Å². The third-order valence-electron chi connectivity index (χ3n) is 3.40. The largest absolute Gasteiger partial charge is 0.479 e. The summed E-state index contributed by atoms with van der Waals surface area (Å²) in [6, 6.07) is 18.5. The molecule has 0 radical (unpaired) electrons. The highest BCUT2D eigenvalue weighted by atomic mass is 16.5. The predicted molar refractivity (Wildman–Crippen MR) is 85.4 cm³/mol. The van der Waals surface area contributed by atoms with Gasteiger partial charge in [-0.15, -0.1) is 0 Å². The average Bonchev–Trinajstić information content (AvgIpc) is 2.53. The van der Waals surface area contributed by atoms with Gasteiger partial charge in [-0.25, -0.2) is 0 Å². The second kappa shape index (κ2) is 7.35. The number of aryl methyl sites for hydroxylation is 1. The van der Waals surface area contributed by atoms with Crippen molar-refractivity contribution in [3.63, 3.8) is 0 Å². The standard InChI is InChI=1S/C18H20N2O/c1-3-15-5-4-6-17(13-15)20-14(2)16-7-9-18(10-8-16)21-12-11-19/h4-10,13-14,20H,3,12H2,1-2H3. The first kappa shape index (κ1) is 14.9. The van der Waals surface area contributed by atoms with E-state index in [0.717, 1.165) is 17.9 Å². The molecule has 3 heteroatoms. The quantitative estimate of drug-likeness (QED) is 0.856. The maximum absolute atomic E-state index is 8.49. The van der Waals surface area contributed by atoms with Gasteiger partial charge in [0.2, 0.25) is 0 Å². The van der Waals surface area contributed by atoms with Crippen LogP contribution in [0.5, 0.6) is 5.75 Å². The van der Waals surface area contributed by atoms with Crippen LogP contribution >= 0.6 is 0 Å². The summed E-state index contributed by atoms with van der Waals surface area (Å²) in [5, 5.41) is 12.0. The Bertz CT molecular complexity index is 614. The molecule has 1 N–H and O–H groups in total. The van der Waals surface area contributed by atoms with Crippen molar-refractivity contribution in [2.75, 3.05) is 11.9 Å². The minimum absolute atomic E-state index is 0.0803. The minimum Gasteiger partial charge on any atom is -0.479 e. The van der Waals surface area contributed by atoms with Crippen molar-refractivity contribution in [2.24, 2.45) is 0 Å². The Morgan fingerprint density at radius 2 is 1.95 bits per heavy atom. The van der Waals surface area contributed by atoms with Crippen LogP contribution in [-0.4, -0.2) is 6.61 Å². The Morgan fingerprint density at radius 1 is 1.19 bits per heavy atom. The number of nitriles is 1. The Hall–Kier alpha value is -2.47. The van der Waals surface area contributed by atoms with Gasteiger partial charge in [0.25, 0.3) is 0 Å². The van der Waals surface area contributed by atoms with E-state index in [2.05, 4.69) is 43.4 Å². The highest BCUT2D eigenvalue weighted by Gasteiger charge is 2.06. The van der Waals surface area contributed by atoms with E-state index in [-0.39, 0.29) is 12.6 Å². The molecule has 0 aliphatic rings. The first-order valence-electron chi connectivity index (χ1n) is 7.18. The van der Waals surface area contributed by atoms with E-state index in [0.29, 0.717) is 0 Å². The third kappa shape index (κ3) is 4.25. The van der Waals surface area contributed by atoms with Gasteiger partial charge in [0.05, 0.1) is 0 Å². The van der Waals surface area contributed by atoms with Crippen molar-refractivity contribution >= 4 is 5.69 Å². The second-order valence-corrected chi connectivity index (χ2v) is 4.94. The van der Waals surface area contributed by atoms with Crippen LogP contribution in [-0.2, 0) is 6.42 Å². The first-order valence-corrected chi connectivity index (χ1v) is 7.18. The van der Waals surface area contributed by atoms with Gasteiger partial charge in [-0.05, 0) is 48.7 Å². The molecule has 0 saturated heterocycles. The number of anilines is 1. The second-order valence-electron chi connectivity index (χ2n) is 4.94. The molecule has 2 rings (SSSR count). The number of benzene rings is 2. The highest BCUT2D eigenvalue weighted by molar-refractivity contribution is 5.48. The van der Waals surface area contributed by atoms with Gasteiger partial charge in [0.15, 0.2) is 6.61 Å². The molecule has 3 nitrogen and oxygen atoms in total. The number of hydrogen-bond donors (Lipinski definition) is 1. The van der Waals surface area contributed by atoms with E-state index in [4.69, 9.17) is 10.00 Å². The van der Waals surface area contributed by atoms with Crippen LogP contribution in [0, 0.1) is 11.3 Å². The molecule has 0 aliphatic heterocycles. The summed E-state index contributed by atoms with van der Waals surface area (Å²) in [6.45, 7) is 4.36. The van der Waals surface area contributed by atoms with Crippen LogP contribution in [0.25, 0.3) is 0 Å². The third-order valence-corrected chi connectivity index (χ3v) is 3.40. The molecule has 0 bridgehead atoms. The summed E-state index contributed by atoms with van der Waals surface area (Å²) in [5.74, 6) is 0.723. The van der Waals surface area contributed by atoms with E-state index in [1.54, 1.807) is 0 Å². The lowest BCUT2D eigenvalue weighted by Gasteiger charge is -2.16. The fourth-order valence-electron chi connectivity index (χ4n) is 2.18. The minimum atomic E-state index is 0.0803. The molecule has 108 valence electrons. The molecule has 0 aliphatic carbocycles. The van der Waals surface area contributed by atoms with Crippen molar-refractivity contribution in [1.29, 1.82) is 5.26 Å². The molecule has 21 heavy (non-hydrogen) atoms. The van der Waals surface area contributed by atoms with Gasteiger partial charge < -0.3 is 10.1 Å². The Kier molecular flexibility index (Phi) is 5.22. The monoisotopic (exact) mass is 280 g/mol. The van der Waals surface area contributed by atoms with Crippen LogP contribution in [0.4, 0.5) is 5.69 Å². The summed E-state index contributed by atoms with van der Waals surface area (Å²) in [5.41, 5.74) is 3.64. The fraction of sp³-hybridized carbons (Fsp3) is 0.278. The van der Waals surface area contributed by atoms with Crippen LogP contribution in [0.15, 0.2) is 48.5 Å². The Labute approximate surface area is 126 Å². The van der Waals surface area contributed by atoms with Gasteiger partial charge in [0, 0.05) is 11.7 Å². The van der Waals surface area contributed by atoms with E-state index in [1.807, 2.05) is 30.3 Å². The molecule has 1 atom stereocenters. The molecular weight excluding hydrogens is 260 g/mol. The molecule has 0 amide bonds. The van der Waals surface area contributed by atoms with Crippen molar-refractivity contribution < 1.29 is 4.74 Å². The van der Waals surface area contributed by atoms with Gasteiger partial charge >= 0.3 is 0 Å². The molecule has 2 aromatic rings. The van der Waals surface area contributed by atoms with Gasteiger partial charge in [-0.2, -0.15) is 5.26 Å². The molecule has 0 aromatic heterocycles. The molecule has 0 saturated carbocycles. The van der Waals surface area contributed by atoms with Crippen molar-refractivity contribution in [2.45, 2.75) is 26.3 Å². The van der Waals surface area contributed by atoms with Gasteiger partial charge in [-0.1, -0.05) is 31.2 Å². The van der Waals surface area contributed by atoms with Gasteiger partial charge in [-0.3, -0.25) is 0 Å². The number of ether oxygens (including phenoxy) is 1. The molecule has 1 unspecified atom stereocenters. The smallest absolute Gasteiger partial charge is 0.174 e. The molecule has 2 aromatic carbocycles. The summed E-state index contributed by atoms with van der Waals surface area (Å²) in [6.07, 6.45) is 1.04. The maximum atomic E-state index is 8.49. The number of nitrogens with one attached hydrogen (secondary N) is 1. The summed E-state index contributed by atoms with van der Waals surface area (Å²) in [4.78, 5) is 0. The lowest BCUT2D eigenvalue weighted by molar-refractivity contribution is 0.368. The summed E-state index contributed by atoms with van der Waals surface area (Å²) >= 11 is 0. The van der Waals surface area contributed by atoms with Crippen molar-refractivity contribution in [1.82, 2.24) is 0 Å². The number of rotatable bonds is 6. The zero-order valence-corrected chi connectivity index (χ0v) is 12.5. The van der Waals surface area contributed by atoms with E-state index >= 15 is 0 Å². The van der Waals surface area contributed by atoms with Crippen LogP contribution in [0.3, 0.4) is 0 Å². The molecule has 0 heterocycles. The maximum Gasteiger partial charge on any atom is 0.174 e. The van der Waals surface area contributed by atoms with E-state index in [9.17, 15) is 0 Å². The lowest BCUT2D eigenvalue weighted by Crippen LogP contribution is -2.06. The fourth-order valence-corrected chi connectivity index (χ4v) is 2.18. The van der Waals surface area contributed by atoms with Crippen molar-refractivity contribution in [3.8, 4) is 11.8 Å². The Morgan fingerprint density at radius 3 is 2.62 bits per heavy atom. The topological polar surface area (TPSA) is 45.0 Å².